The second kappa shape index (κ2) is 10.0. The molecule has 2 heterocycles. The zero-order chi connectivity index (χ0) is 22.6. The molecule has 0 aliphatic carbocycles. The number of nitrogens with zero attached hydrogens (tertiary/aromatic N) is 4. The van der Waals surface area contributed by atoms with Crippen molar-refractivity contribution < 1.29 is 17.9 Å². The summed E-state index contributed by atoms with van der Waals surface area (Å²) in [6.07, 6.45) is 2.71. The summed E-state index contributed by atoms with van der Waals surface area (Å²) in [4.78, 5) is 12.5. The molecule has 31 heavy (non-hydrogen) atoms. The van der Waals surface area contributed by atoms with Gasteiger partial charge in [0.05, 0.1) is 12.9 Å². The molecule has 1 amide bonds. The van der Waals surface area contributed by atoms with E-state index in [0.717, 1.165) is 25.1 Å². The maximum absolute atomic E-state index is 13.1. The number of rotatable bonds is 8. The van der Waals surface area contributed by atoms with E-state index in [2.05, 4.69) is 15.5 Å². The van der Waals surface area contributed by atoms with Crippen molar-refractivity contribution in [2.45, 2.75) is 49.1 Å². The molecular weight excluding hydrogens is 438 g/mol. The number of aromatic nitrogens is 3. The van der Waals surface area contributed by atoms with Gasteiger partial charge in [-0.15, -0.1) is 10.2 Å². The molecule has 0 spiro atoms. The van der Waals surface area contributed by atoms with Gasteiger partial charge in [0, 0.05) is 31.7 Å². The molecule has 1 fully saturated rings. The molecule has 1 saturated heterocycles. The number of anilines is 1. The third-order valence-electron chi connectivity index (χ3n) is 5.10. The normalized spacial score (nSPS) is 15.3. The summed E-state index contributed by atoms with van der Waals surface area (Å²) < 4.78 is 34.9. The summed E-state index contributed by atoms with van der Waals surface area (Å²) in [6, 6.07) is 4.66. The molecule has 170 valence electrons. The van der Waals surface area contributed by atoms with Crippen LogP contribution in [0.15, 0.2) is 28.3 Å². The van der Waals surface area contributed by atoms with Crippen LogP contribution in [-0.2, 0) is 21.9 Å². The van der Waals surface area contributed by atoms with Crippen LogP contribution in [0.5, 0.6) is 5.75 Å². The predicted octanol–water partition coefficient (Wildman–Crippen LogP) is 2.85. The van der Waals surface area contributed by atoms with Crippen LogP contribution < -0.4 is 10.1 Å². The molecule has 1 aromatic carbocycles. The van der Waals surface area contributed by atoms with Crippen LogP contribution in [0.25, 0.3) is 0 Å². The highest BCUT2D eigenvalue weighted by Gasteiger charge is 2.29. The molecule has 9 nitrogen and oxygen atoms in total. The Morgan fingerprint density at radius 2 is 1.94 bits per heavy atom. The van der Waals surface area contributed by atoms with Crippen molar-refractivity contribution in [3.8, 4) is 5.75 Å². The summed E-state index contributed by atoms with van der Waals surface area (Å²) in [7, 11) is -0.391. The number of carbonyl (C=O) groups excluding carboxylic acids is 1. The minimum Gasteiger partial charge on any atom is -0.495 e. The molecule has 2 aromatic rings. The number of methoxy groups -OCH3 is 1. The number of benzene rings is 1. The minimum atomic E-state index is -3.70. The second-order valence-corrected chi connectivity index (χ2v) is 10.6. The Balaban J connectivity index is 1.72. The van der Waals surface area contributed by atoms with E-state index < -0.39 is 10.0 Å². The molecular formula is C20H29N5O4S2. The van der Waals surface area contributed by atoms with Gasteiger partial charge in [-0.3, -0.25) is 4.79 Å². The molecule has 1 aliphatic rings. The van der Waals surface area contributed by atoms with Gasteiger partial charge in [0.1, 0.15) is 16.5 Å². The number of sulfonamides is 1. The van der Waals surface area contributed by atoms with E-state index in [0.29, 0.717) is 23.9 Å². The first-order valence-corrected chi connectivity index (χ1v) is 12.7. The van der Waals surface area contributed by atoms with Gasteiger partial charge < -0.3 is 14.6 Å². The fraction of sp³-hybridized carbons (Fsp3) is 0.550. The molecule has 0 radical (unpaired) electrons. The number of amides is 1. The van der Waals surface area contributed by atoms with E-state index in [-0.39, 0.29) is 28.2 Å². The van der Waals surface area contributed by atoms with Gasteiger partial charge in [-0.05, 0) is 31.0 Å². The van der Waals surface area contributed by atoms with Crippen molar-refractivity contribution in [3.63, 3.8) is 0 Å². The van der Waals surface area contributed by atoms with Crippen molar-refractivity contribution >= 4 is 33.4 Å². The van der Waals surface area contributed by atoms with E-state index in [1.165, 1.54) is 29.2 Å². The number of carbonyl (C=O) groups is 1. The third-order valence-corrected chi connectivity index (χ3v) is 8.04. The lowest BCUT2D eigenvalue weighted by Crippen LogP contribution is -2.35. The van der Waals surface area contributed by atoms with Crippen LogP contribution in [0.3, 0.4) is 0 Å². The zero-order valence-electron chi connectivity index (χ0n) is 18.3. The summed E-state index contributed by atoms with van der Waals surface area (Å²) in [6.45, 7) is 5.05. The first-order chi connectivity index (χ1) is 14.7. The Morgan fingerprint density at radius 3 is 2.55 bits per heavy atom. The molecule has 0 bridgehead atoms. The summed E-state index contributed by atoms with van der Waals surface area (Å²) in [5.74, 6) is 1.22. The van der Waals surface area contributed by atoms with Crippen LogP contribution in [-0.4, -0.2) is 59.3 Å². The lowest BCUT2D eigenvalue weighted by Gasteiger charge is -2.26. The average molecular weight is 468 g/mol. The van der Waals surface area contributed by atoms with Crippen LogP contribution in [0, 0.1) is 0 Å². The van der Waals surface area contributed by atoms with E-state index in [4.69, 9.17) is 4.74 Å². The second-order valence-electron chi connectivity index (χ2n) is 7.72. The number of thioether (sulfide) groups is 1. The van der Waals surface area contributed by atoms with Gasteiger partial charge in [0.25, 0.3) is 0 Å². The summed E-state index contributed by atoms with van der Waals surface area (Å²) >= 11 is 1.28. The number of ether oxygens (including phenoxy) is 1. The van der Waals surface area contributed by atoms with Crippen molar-refractivity contribution in [2.75, 3.05) is 31.3 Å². The average Bonchev–Trinajstić information content (AvgIpc) is 3.13. The zero-order valence-corrected chi connectivity index (χ0v) is 19.9. The van der Waals surface area contributed by atoms with Crippen molar-refractivity contribution in [2.24, 2.45) is 7.05 Å². The maximum atomic E-state index is 13.1. The van der Waals surface area contributed by atoms with Gasteiger partial charge >= 0.3 is 0 Å². The topological polar surface area (TPSA) is 106 Å². The van der Waals surface area contributed by atoms with Gasteiger partial charge in [-0.25, -0.2) is 8.42 Å². The van der Waals surface area contributed by atoms with E-state index >= 15 is 0 Å². The predicted molar refractivity (Wildman–Crippen MR) is 120 cm³/mol. The molecule has 3 rings (SSSR count). The fourth-order valence-electron chi connectivity index (χ4n) is 3.48. The fourth-order valence-corrected chi connectivity index (χ4v) is 5.90. The molecule has 1 N–H and O–H groups in total. The highest BCUT2D eigenvalue weighted by molar-refractivity contribution is 7.99. The van der Waals surface area contributed by atoms with Crippen molar-refractivity contribution in [3.05, 3.63) is 24.0 Å². The third kappa shape index (κ3) is 5.39. The van der Waals surface area contributed by atoms with Crippen LogP contribution in [0.2, 0.25) is 0 Å². The number of nitrogens with one attached hydrogen (secondary N) is 1. The highest BCUT2D eigenvalue weighted by atomic mass is 32.2. The quantitative estimate of drug-likeness (QED) is 0.595. The van der Waals surface area contributed by atoms with Gasteiger partial charge in [-0.1, -0.05) is 32.0 Å². The number of hydrogen-bond acceptors (Lipinski definition) is 7. The van der Waals surface area contributed by atoms with Crippen molar-refractivity contribution in [1.82, 2.24) is 19.1 Å². The minimum absolute atomic E-state index is 0.0669. The van der Waals surface area contributed by atoms with Crippen molar-refractivity contribution in [1.29, 1.82) is 0 Å². The van der Waals surface area contributed by atoms with E-state index in [1.807, 2.05) is 25.5 Å². The van der Waals surface area contributed by atoms with E-state index in [9.17, 15) is 13.2 Å². The Kier molecular flexibility index (Phi) is 7.60. The standard InChI is InChI=1S/C20H29N5O4S2/c1-14(2)19-22-23-20(24(19)3)30-13-18(26)21-15-8-9-16(29-4)17(12-15)31(27,28)25-10-6-5-7-11-25/h8-9,12,14H,5-7,10-11,13H2,1-4H3,(H,21,26). The summed E-state index contributed by atoms with van der Waals surface area (Å²) in [5, 5.41) is 11.7. The SMILES string of the molecule is COc1ccc(NC(=O)CSc2nnc(C(C)C)n2C)cc1S(=O)(=O)N1CCCCC1. The monoisotopic (exact) mass is 467 g/mol. The van der Waals surface area contributed by atoms with Crippen LogP contribution >= 0.6 is 11.8 Å². The molecule has 0 unspecified atom stereocenters. The highest BCUT2D eigenvalue weighted by Crippen LogP contribution is 2.31. The van der Waals surface area contributed by atoms with Crippen LogP contribution in [0.4, 0.5) is 5.69 Å². The van der Waals surface area contributed by atoms with Crippen LogP contribution in [0.1, 0.15) is 44.9 Å². The van der Waals surface area contributed by atoms with Gasteiger partial charge in [0.15, 0.2) is 5.16 Å². The number of piperidine rings is 1. The lowest BCUT2D eigenvalue weighted by atomic mass is 10.2. The Bertz CT molecular complexity index is 1030. The molecule has 0 saturated carbocycles. The maximum Gasteiger partial charge on any atom is 0.246 e. The smallest absolute Gasteiger partial charge is 0.246 e. The number of hydrogen-bond donors (Lipinski definition) is 1. The Hall–Kier alpha value is -2.11. The van der Waals surface area contributed by atoms with Gasteiger partial charge in [0.2, 0.25) is 15.9 Å². The summed E-state index contributed by atoms with van der Waals surface area (Å²) in [5.41, 5.74) is 0.405. The molecule has 0 atom stereocenters. The Labute approximate surface area is 187 Å². The largest absolute Gasteiger partial charge is 0.495 e. The first kappa shape index (κ1) is 23.6. The molecule has 1 aromatic heterocycles. The Morgan fingerprint density at radius 1 is 1.23 bits per heavy atom. The first-order valence-electron chi connectivity index (χ1n) is 10.2. The van der Waals surface area contributed by atoms with Gasteiger partial charge in [-0.2, -0.15) is 4.31 Å². The van der Waals surface area contributed by atoms with E-state index in [1.54, 1.807) is 12.1 Å². The molecule has 11 heteroatoms. The lowest BCUT2D eigenvalue weighted by molar-refractivity contribution is -0.113. The molecule has 1 aliphatic heterocycles.